The number of aliphatic hydroxyl groups excluding tert-OH is 3. The van der Waals surface area contributed by atoms with Crippen LogP contribution in [0, 0.1) is 0 Å². The molecule has 2 saturated heterocycles. The first kappa shape index (κ1) is 36.5. The number of anilines is 1. The molecule has 11 N–H and O–H groups in total. The molecular weight excluding hydrogens is 715 g/mol. The molecule has 5 rings (SSSR count). The third-order valence-electron chi connectivity index (χ3n) is 7.11. The normalized spacial score (nSPS) is 31.9. The van der Waals surface area contributed by atoms with Gasteiger partial charge < -0.3 is 60.7 Å². The third kappa shape index (κ3) is 8.17. The average molecular weight is 745 g/mol. The van der Waals surface area contributed by atoms with Gasteiger partial charge in [0.2, 0.25) is 5.91 Å². The molecule has 0 saturated carbocycles. The summed E-state index contributed by atoms with van der Waals surface area (Å²) in [4.78, 5) is 63.4. The van der Waals surface area contributed by atoms with E-state index in [1.165, 1.54) is 23.4 Å². The Labute approximate surface area is 268 Å². The van der Waals surface area contributed by atoms with E-state index in [0.717, 1.165) is 17.2 Å². The molecule has 10 atom stereocenters. The lowest BCUT2D eigenvalue weighted by Gasteiger charge is -2.28. The van der Waals surface area contributed by atoms with Crippen molar-refractivity contribution < 1.29 is 80.7 Å². The summed E-state index contributed by atoms with van der Waals surface area (Å²) >= 11 is 0. The van der Waals surface area contributed by atoms with Crippen molar-refractivity contribution in [1.82, 2.24) is 24.4 Å². The molecule has 4 unspecified atom stereocenters. The molecule has 48 heavy (non-hydrogen) atoms. The number of hydrogen-bond acceptors (Lipinski definition) is 18. The Bertz CT molecular complexity index is 1740. The number of amides is 1. The van der Waals surface area contributed by atoms with Gasteiger partial charge in [-0.2, -0.15) is 4.31 Å². The van der Waals surface area contributed by atoms with Crippen LogP contribution in [-0.2, 0) is 45.8 Å². The molecule has 27 heteroatoms. The van der Waals surface area contributed by atoms with Crippen LogP contribution in [0.4, 0.5) is 5.82 Å². The quantitative estimate of drug-likeness (QED) is 0.0951. The summed E-state index contributed by atoms with van der Waals surface area (Å²) in [5.41, 5.74) is 11.3. The maximum Gasteiger partial charge on any atom is 0.481 e. The zero-order chi connectivity index (χ0) is 35.2. The van der Waals surface area contributed by atoms with Crippen LogP contribution in [-0.4, -0.2) is 121 Å². The highest BCUT2D eigenvalue weighted by molar-refractivity contribution is 7.61. The van der Waals surface area contributed by atoms with E-state index >= 15 is 0 Å². The number of phosphoric ester groups is 3. The van der Waals surface area contributed by atoms with Crippen LogP contribution in [0.25, 0.3) is 11.2 Å². The van der Waals surface area contributed by atoms with Crippen LogP contribution in [0.2, 0.25) is 0 Å². The number of ether oxygens (including phenoxy) is 2. The van der Waals surface area contributed by atoms with Gasteiger partial charge >= 0.3 is 23.5 Å². The highest BCUT2D eigenvalue weighted by atomic mass is 31.3. The highest BCUT2D eigenvalue weighted by Gasteiger charge is 2.51. The second-order valence-electron chi connectivity index (χ2n) is 10.4. The molecule has 0 radical (unpaired) electrons. The number of nitrogen functional groups attached to an aromatic ring is 1. The van der Waals surface area contributed by atoms with Crippen LogP contribution in [0.3, 0.4) is 0 Å². The maximum atomic E-state index is 12.6. The summed E-state index contributed by atoms with van der Waals surface area (Å²) in [5.74, 6) is -0.791. The van der Waals surface area contributed by atoms with Crippen molar-refractivity contribution in [1.29, 1.82) is 0 Å². The molecule has 0 spiro atoms. The standard InChI is InChI=1S/C21H30N7O17P3/c22-17-12-19(25-7-24-17)28(8-26-12)21-16(44-46(33,34)35)14(30)11(43-21)6-41-48(38,39)45-47(36,37)40-5-10-13(29)15(31)20(42-10)27-3-1-2-9(4-27)18(23)32/h1,3-4,7-8,10-11,13-16,20-21,29-31H,2,5-6H2,(H2,23,32)(H,36,37)(H,38,39)(H2,22,24,25)(H2,33,34,35)/t10-,11+,13?,14-,15+,16?,20-,21+/m1/s1. The molecule has 3 aliphatic heterocycles. The number of rotatable bonds is 13. The number of phosphoric acid groups is 3. The summed E-state index contributed by atoms with van der Waals surface area (Å²) in [6.45, 7) is -2.02. The fraction of sp³-hybridized carbons (Fsp3) is 0.524. The smallest absolute Gasteiger partial charge is 0.387 e. The van der Waals surface area contributed by atoms with Gasteiger partial charge in [0.05, 0.1) is 19.5 Å². The van der Waals surface area contributed by atoms with Crippen LogP contribution < -0.4 is 11.5 Å². The molecule has 2 aromatic rings. The summed E-state index contributed by atoms with van der Waals surface area (Å²) in [5, 5.41) is 31.5. The minimum Gasteiger partial charge on any atom is -0.387 e. The Balaban J connectivity index is 1.20. The zero-order valence-corrected chi connectivity index (χ0v) is 26.8. The number of carbonyl (C=O) groups excluding carboxylic acids is 1. The van der Waals surface area contributed by atoms with E-state index < -0.39 is 91.7 Å². The van der Waals surface area contributed by atoms with E-state index in [1.54, 1.807) is 0 Å². The Hall–Kier alpha value is -2.73. The fourth-order valence-electron chi connectivity index (χ4n) is 4.93. The molecule has 5 heterocycles. The van der Waals surface area contributed by atoms with Gasteiger partial charge in [-0.05, 0) is 6.42 Å². The number of aromatic nitrogens is 4. The minimum atomic E-state index is -5.52. The van der Waals surface area contributed by atoms with Gasteiger partial charge in [-0.3, -0.25) is 22.9 Å². The molecule has 0 aliphatic carbocycles. The first-order valence-electron chi connectivity index (χ1n) is 13.5. The Morgan fingerprint density at radius 1 is 0.938 bits per heavy atom. The number of aliphatic hydroxyl groups is 3. The van der Waals surface area contributed by atoms with Crippen molar-refractivity contribution >= 4 is 46.4 Å². The third-order valence-corrected chi connectivity index (χ3v) is 10.2. The van der Waals surface area contributed by atoms with Gasteiger partial charge in [-0.15, -0.1) is 0 Å². The second-order valence-corrected chi connectivity index (χ2v) is 14.6. The van der Waals surface area contributed by atoms with E-state index in [1.807, 2.05) is 0 Å². The SMILES string of the molecule is NC(=O)C1=CN([C@@H]2O[C@H](COP(=O)(O)OP(=O)(O)OC[C@@H]3O[C@H](n4cnc5c(N)ncnc54)C(OP(=O)(O)O)[C@@H]3O)C(O)[C@@H]2O)C=CC1. The van der Waals surface area contributed by atoms with E-state index in [2.05, 4.69) is 23.8 Å². The van der Waals surface area contributed by atoms with E-state index in [-0.39, 0.29) is 29.0 Å². The van der Waals surface area contributed by atoms with Crippen LogP contribution >= 0.6 is 23.5 Å². The second kappa shape index (κ2) is 13.9. The number of carbonyl (C=O) groups is 1. The highest BCUT2D eigenvalue weighted by Crippen LogP contribution is 2.61. The predicted octanol–water partition coefficient (Wildman–Crippen LogP) is -2.57. The first-order valence-corrected chi connectivity index (χ1v) is 18.0. The van der Waals surface area contributed by atoms with Crippen molar-refractivity contribution in [2.75, 3.05) is 18.9 Å². The largest absolute Gasteiger partial charge is 0.481 e. The van der Waals surface area contributed by atoms with Crippen molar-refractivity contribution in [2.24, 2.45) is 5.73 Å². The van der Waals surface area contributed by atoms with Crippen molar-refractivity contribution in [2.45, 2.75) is 55.5 Å². The Morgan fingerprint density at radius 3 is 2.19 bits per heavy atom. The monoisotopic (exact) mass is 745 g/mol. The lowest BCUT2D eigenvalue weighted by atomic mass is 10.1. The van der Waals surface area contributed by atoms with Crippen molar-refractivity contribution in [3.63, 3.8) is 0 Å². The lowest BCUT2D eigenvalue weighted by Crippen LogP contribution is -2.40. The van der Waals surface area contributed by atoms with Crippen LogP contribution in [0.1, 0.15) is 12.6 Å². The molecule has 0 bridgehead atoms. The summed E-state index contributed by atoms with van der Waals surface area (Å²) in [6.07, 6.45) is -6.47. The Morgan fingerprint density at radius 2 is 1.56 bits per heavy atom. The maximum absolute atomic E-state index is 12.6. The Kier molecular flexibility index (Phi) is 10.6. The van der Waals surface area contributed by atoms with Gasteiger partial charge in [-0.1, -0.05) is 6.08 Å². The molecular formula is C21H30N7O17P3. The van der Waals surface area contributed by atoms with Crippen molar-refractivity contribution in [3.05, 3.63) is 36.7 Å². The number of nitrogens with two attached hydrogens (primary N) is 2. The molecule has 2 fully saturated rings. The van der Waals surface area contributed by atoms with Gasteiger partial charge in [0.25, 0.3) is 0 Å². The van der Waals surface area contributed by atoms with E-state index in [0.29, 0.717) is 0 Å². The van der Waals surface area contributed by atoms with Gasteiger partial charge in [0, 0.05) is 18.0 Å². The lowest BCUT2D eigenvalue weighted by molar-refractivity contribution is -0.115. The van der Waals surface area contributed by atoms with Crippen LogP contribution in [0.15, 0.2) is 36.7 Å². The molecule has 3 aliphatic rings. The van der Waals surface area contributed by atoms with Gasteiger partial charge in [0.15, 0.2) is 23.9 Å². The number of fused-ring (bicyclic) bond motifs is 1. The summed E-state index contributed by atoms with van der Waals surface area (Å²) < 4.78 is 67.2. The number of hydrogen-bond donors (Lipinski definition) is 9. The molecule has 0 aromatic carbocycles. The molecule has 1 amide bonds. The topological polar surface area (TPSA) is 364 Å². The average Bonchev–Trinajstić information content (AvgIpc) is 3.64. The molecule has 266 valence electrons. The van der Waals surface area contributed by atoms with E-state index in [4.69, 9.17) is 30.0 Å². The van der Waals surface area contributed by atoms with E-state index in [9.17, 15) is 53.4 Å². The van der Waals surface area contributed by atoms with Gasteiger partial charge in [0.1, 0.15) is 48.5 Å². The summed E-state index contributed by atoms with van der Waals surface area (Å²) in [7, 11) is -16.3. The number of allylic oxidation sites excluding steroid dienone is 1. The number of imidazole rings is 1. The fourth-order valence-corrected chi connectivity index (χ4v) is 7.57. The number of nitrogens with zero attached hydrogens (tertiary/aromatic N) is 5. The zero-order valence-electron chi connectivity index (χ0n) is 24.1. The minimum absolute atomic E-state index is 0.00424. The molecule has 2 aromatic heterocycles. The van der Waals surface area contributed by atoms with Crippen LogP contribution in [0.5, 0.6) is 0 Å². The predicted molar refractivity (Wildman–Crippen MR) is 153 cm³/mol. The number of primary amides is 1. The summed E-state index contributed by atoms with van der Waals surface area (Å²) in [6, 6.07) is 0. The molecule has 24 nitrogen and oxygen atoms in total. The first-order chi connectivity index (χ1) is 22.4. The van der Waals surface area contributed by atoms with Gasteiger partial charge in [-0.25, -0.2) is 28.6 Å². The van der Waals surface area contributed by atoms with Crippen molar-refractivity contribution in [3.8, 4) is 0 Å².